The maximum atomic E-state index is 13.0. The highest BCUT2D eigenvalue weighted by atomic mass is 16.1. The first-order chi connectivity index (χ1) is 11.5. The molecule has 2 aromatic carbocycles. The summed E-state index contributed by atoms with van der Waals surface area (Å²) in [6, 6.07) is 18.3. The molecule has 0 saturated carbocycles. The average Bonchev–Trinajstić information content (AvgIpc) is 2.70. The van der Waals surface area contributed by atoms with Crippen molar-refractivity contribution in [2.75, 3.05) is 10.6 Å². The Labute approximate surface area is 142 Å². The zero-order valence-corrected chi connectivity index (χ0v) is 14.0. The van der Waals surface area contributed by atoms with E-state index in [4.69, 9.17) is 0 Å². The van der Waals surface area contributed by atoms with Crippen LogP contribution in [0.4, 0.5) is 11.4 Å². The molecule has 0 radical (unpaired) electrons. The Morgan fingerprint density at radius 2 is 1.62 bits per heavy atom. The highest BCUT2D eigenvalue weighted by Crippen LogP contribution is 2.45. The van der Waals surface area contributed by atoms with E-state index < -0.39 is 0 Å². The highest BCUT2D eigenvalue weighted by molar-refractivity contribution is 5.90. The Morgan fingerprint density at radius 3 is 2.38 bits per heavy atom. The van der Waals surface area contributed by atoms with E-state index in [0.717, 1.165) is 22.6 Å². The van der Waals surface area contributed by atoms with E-state index in [1.54, 1.807) is 0 Å². The van der Waals surface area contributed by atoms with Crippen molar-refractivity contribution in [3.8, 4) is 0 Å². The van der Waals surface area contributed by atoms with Gasteiger partial charge in [-0.05, 0) is 23.1 Å². The van der Waals surface area contributed by atoms with Crippen LogP contribution < -0.4 is 10.6 Å². The molecule has 1 aliphatic carbocycles. The molecule has 122 valence electrons. The zero-order chi connectivity index (χ0) is 16.7. The van der Waals surface area contributed by atoms with Crippen molar-refractivity contribution in [1.29, 1.82) is 0 Å². The number of nitrogens with one attached hydrogen (secondary N) is 2. The van der Waals surface area contributed by atoms with Gasteiger partial charge in [0.15, 0.2) is 0 Å². The SMILES string of the molecule is CC1(C)C=C2Nc3ccccc3NC(c3ccccc3)C2C(=O)C1. The van der Waals surface area contributed by atoms with Gasteiger partial charge in [0, 0.05) is 12.1 Å². The van der Waals surface area contributed by atoms with Gasteiger partial charge in [-0.25, -0.2) is 0 Å². The molecule has 4 rings (SSSR count). The predicted molar refractivity (Wildman–Crippen MR) is 97.8 cm³/mol. The highest BCUT2D eigenvalue weighted by Gasteiger charge is 2.41. The summed E-state index contributed by atoms with van der Waals surface area (Å²) in [6.45, 7) is 4.25. The molecule has 0 amide bonds. The Morgan fingerprint density at radius 1 is 0.958 bits per heavy atom. The lowest BCUT2D eigenvalue weighted by molar-refractivity contribution is -0.124. The van der Waals surface area contributed by atoms with Crippen LogP contribution in [0.25, 0.3) is 0 Å². The number of allylic oxidation sites excluding steroid dienone is 1. The van der Waals surface area contributed by atoms with Gasteiger partial charge in [-0.2, -0.15) is 0 Å². The number of carbonyl (C=O) groups is 1. The number of fused-ring (bicyclic) bond motifs is 2. The van der Waals surface area contributed by atoms with E-state index in [0.29, 0.717) is 12.2 Å². The van der Waals surface area contributed by atoms with Gasteiger partial charge < -0.3 is 10.6 Å². The summed E-state index contributed by atoms with van der Waals surface area (Å²) < 4.78 is 0. The summed E-state index contributed by atoms with van der Waals surface area (Å²) in [7, 11) is 0. The van der Waals surface area contributed by atoms with E-state index in [1.807, 2.05) is 30.3 Å². The largest absolute Gasteiger partial charge is 0.375 e. The number of rotatable bonds is 1. The summed E-state index contributed by atoms with van der Waals surface area (Å²) in [4.78, 5) is 13.0. The van der Waals surface area contributed by atoms with Crippen molar-refractivity contribution in [3.63, 3.8) is 0 Å². The fraction of sp³-hybridized carbons (Fsp3) is 0.286. The second-order valence-corrected chi connectivity index (χ2v) is 7.41. The molecule has 2 atom stereocenters. The lowest BCUT2D eigenvalue weighted by Gasteiger charge is -2.35. The normalized spacial score (nSPS) is 24.6. The van der Waals surface area contributed by atoms with Gasteiger partial charge in [0.25, 0.3) is 0 Å². The molecule has 1 heterocycles. The first-order valence-electron chi connectivity index (χ1n) is 8.46. The van der Waals surface area contributed by atoms with Crippen LogP contribution in [0.2, 0.25) is 0 Å². The van der Waals surface area contributed by atoms with Crippen LogP contribution in [0.5, 0.6) is 0 Å². The molecule has 1 aliphatic heterocycles. The predicted octanol–water partition coefficient (Wildman–Crippen LogP) is 4.76. The third kappa shape index (κ3) is 2.60. The molecule has 3 nitrogen and oxygen atoms in total. The van der Waals surface area contributed by atoms with E-state index in [1.165, 1.54) is 0 Å². The first kappa shape index (κ1) is 15.0. The summed E-state index contributed by atoms with van der Waals surface area (Å²) in [6.07, 6.45) is 2.81. The molecule has 0 saturated heterocycles. The van der Waals surface area contributed by atoms with Crippen LogP contribution in [-0.2, 0) is 4.79 Å². The molecule has 2 N–H and O–H groups in total. The Hall–Kier alpha value is -2.55. The Kier molecular flexibility index (Phi) is 3.45. The van der Waals surface area contributed by atoms with Gasteiger partial charge in [0.1, 0.15) is 5.78 Å². The lowest BCUT2D eigenvalue weighted by atomic mass is 9.72. The van der Waals surface area contributed by atoms with Crippen molar-refractivity contribution in [3.05, 3.63) is 71.9 Å². The molecule has 24 heavy (non-hydrogen) atoms. The lowest BCUT2D eigenvalue weighted by Crippen LogP contribution is -2.36. The minimum absolute atomic E-state index is 0.0581. The first-order valence-corrected chi connectivity index (χ1v) is 8.46. The van der Waals surface area contributed by atoms with Gasteiger partial charge in [-0.15, -0.1) is 0 Å². The van der Waals surface area contributed by atoms with E-state index in [-0.39, 0.29) is 17.4 Å². The summed E-state index contributed by atoms with van der Waals surface area (Å²) in [5.41, 5.74) is 4.10. The third-order valence-electron chi connectivity index (χ3n) is 4.87. The molecule has 2 aromatic rings. The van der Waals surface area contributed by atoms with Crippen LogP contribution in [0.15, 0.2) is 66.4 Å². The van der Waals surface area contributed by atoms with Crippen LogP contribution in [-0.4, -0.2) is 5.78 Å². The number of anilines is 2. The van der Waals surface area contributed by atoms with Crippen molar-refractivity contribution < 1.29 is 4.79 Å². The average molecular weight is 318 g/mol. The van der Waals surface area contributed by atoms with Crippen LogP contribution >= 0.6 is 0 Å². The van der Waals surface area contributed by atoms with Gasteiger partial charge in [0.2, 0.25) is 0 Å². The van der Waals surface area contributed by atoms with Gasteiger partial charge in [-0.3, -0.25) is 4.79 Å². The number of carbonyl (C=O) groups excluding carboxylic acids is 1. The summed E-state index contributed by atoms with van der Waals surface area (Å²) in [5, 5.41) is 7.13. The number of hydrogen-bond acceptors (Lipinski definition) is 3. The maximum absolute atomic E-state index is 13.0. The monoisotopic (exact) mass is 318 g/mol. The van der Waals surface area contributed by atoms with Gasteiger partial charge in [0.05, 0.1) is 23.3 Å². The number of para-hydroxylation sites is 2. The minimum atomic E-state index is -0.187. The van der Waals surface area contributed by atoms with E-state index >= 15 is 0 Å². The Bertz CT molecular complexity index is 808. The van der Waals surface area contributed by atoms with Crippen LogP contribution in [0.1, 0.15) is 31.9 Å². The molecule has 0 fully saturated rings. The fourth-order valence-electron chi connectivity index (χ4n) is 3.83. The van der Waals surface area contributed by atoms with Crippen molar-refractivity contribution >= 4 is 17.2 Å². The number of benzene rings is 2. The summed E-state index contributed by atoms with van der Waals surface area (Å²) in [5.74, 6) is 0.104. The molecule has 2 aliphatic rings. The Balaban J connectivity index is 1.88. The topological polar surface area (TPSA) is 41.1 Å². The minimum Gasteiger partial charge on any atom is -0.375 e. The molecule has 2 unspecified atom stereocenters. The van der Waals surface area contributed by atoms with Gasteiger partial charge >= 0.3 is 0 Å². The number of ketones is 1. The fourth-order valence-corrected chi connectivity index (χ4v) is 3.83. The second-order valence-electron chi connectivity index (χ2n) is 7.41. The van der Waals surface area contributed by atoms with Crippen molar-refractivity contribution in [1.82, 2.24) is 0 Å². The molecule has 3 heteroatoms. The zero-order valence-electron chi connectivity index (χ0n) is 14.0. The maximum Gasteiger partial charge on any atom is 0.145 e. The van der Waals surface area contributed by atoms with Crippen LogP contribution in [0.3, 0.4) is 0 Å². The van der Waals surface area contributed by atoms with E-state index in [2.05, 4.69) is 54.8 Å². The molecule has 0 aromatic heterocycles. The second kappa shape index (κ2) is 5.52. The molecule has 0 bridgehead atoms. The summed E-state index contributed by atoms with van der Waals surface area (Å²) >= 11 is 0. The van der Waals surface area contributed by atoms with E-state index in [9.17, 15) is 4.79 Å². The molecule has 0 spiro atoms. The van der Waals surface area contributed by atoms with Crippen molar-refractivity contribution in [2.45, 2.75) is 26.3 Å². The van der Waals surface area contributed by atoms with Crippen LogP contribution in [0, 0.1) is 11.3 Å². The number of Topliss-reactive ketones (excluding diaryl/α,β-unsaturated/α-hetero) is 1. The standard InChI is InChI=1S/C21H22N2O/c1-21(2)12-17-19(18(24)13-21)20(14-8-4-3-5-9-14)23-16-11-7-6-10-15(16)22-17/h3-12,19-20,22-23H,13H2,1-2H3. The molecular formula is C21H22N2O. The third-order valence-corrected chi connectivity index (χ3v) is 4.87. The quantitative estimate of drug-likeness (QED) is 0.796. The molecular weight excluding hydrogens is 296 g/mol. The van der Waals surface area contributed by atoms with Gasteiger partial charge in [-0.1, -0.05) is 62.4 Å². The van der Waals surface area contributed by atoms with Crippen molar-refractivity contribution in [2.24, 2.45) is 11.3 Å². The number of hydrogen-bond donors (Lipinski definition) is 2. The smallest absolute Gasteiger partial charge is 0.145 e.